The minimum absolute atomic E-state index is 0.0641. The van der Waals surface area contributed by atoms with E-state index in [1.165, 1.54) is 0 Å². The van der Waals surface area contributed by atoms with Gasteiger partial charge in [-0.1, -0.05) is 0 Å². The molecule has 21 heavy (non-hydrogen) atoms. The molecule has 2 heterocycles. The minimum atomic E-state index is -0.279. The van der Waals surface area contributed by atoms with Crippen LogP contribution in [0.4, 0.5) is 10.5 Å². The van der Waals surface area contributed by atoms with Crippen LogP contribution in [0.1, 0.15) is 6.92 Å². The van der Waals surface area contributed by atoms with Crippen LogP contribution in [0.25, 0.3) is 0 Å². The summed E-state index contributed by atoms with van der Waals surface area (Å²) in [6.45, 7) is 5.00. The molecule has 114 valence electrons. The Kier molecular flexibility index (Phi) is 5.51. The van der Waals surface area contributed by atoms with Crippen molar-refractivity contribution in [3.05, 3.63) is 24.5 Å². The maximum Gasteiger partial charge on any atom is 0.409 e. The van der Waals surface area contributed by atoms with Crippen molar-refractivity contribution in [1.29, 1.82) is 0 Å². The molecule has 1 aliphatic rings. The number of nitrogens with zero attached hydrogens (tertiary/aromatic N) is 3. The van der Waals surface area contributed by atoms with Crippen molar-refractivity contribution in [2.45, 2.75) is 6.92 Å². The monoisotopic (exact) mass is 292 g/mol. The Morgan fingerprint density at radius 3 is 2.52 bits per heavy atom. The number of rotatable bonds is 4. The van der Waals surface area contributed by atoms with E-state index in [0.717, 1.165) is 5.69 Å². The van der Waals surface area contributed by atoms with E-state index >= 15 is 0 Å². The highest BCUT2D eigenvalue weighted by molar-refractivity contribution is 5.92. The summed E-state index contributed by atoms with van der Waals surface area (Å²) in [5.74, 6) is -0.0641. The van der Waals surface area contributed by atoms with Crippen LogP contribution in [-0.4, -0.2) is 66.1 Å². The molecule has 0 spiro atoms. The molecular weight excluding hydrogens is 272 g/mol. The van der Waals surface area contributed by atoms with Gasteiger partial charge in [-0.2, -0.15) is 0 Å². The van der Waals surface area contributed by atoms with Crippen molar-refractivity contribution in [1.82, 2.24) is 14.8 Å². The van der Waals surface area contributed by atoms with Crippen molar-refractivity contribution >= 4 is 17.7 Å². The predicted molar refractivity (Wildman–Crippen MR) is 77.9 cm³/mol. The van der Waals surface area contributed by atoms with Crippen LogP contribution in [-0.2, 0) is 9.53 Å². The Morgan fingerprint density at radius 2 is 1.90 bits per heavy atom. The van der Waals surface area contributed by atoms with E-state index in [4.69, 9.17) is 4.74 Å². The van der Waals surface area contributed by atoms with Gasteiger partial charge in [0.1, 0.15) is 0 Å². The number of amides is 2. The van der Waals surface area contributed by atoms with Gasteiger partial charge >= 0.3 is 6.09 Å². The summed E-state index contributed by atoms with van der Waals surface area (Å²) in [5, 5.41) is 2.82. The van der Waals surface area contributed by atoms with Crippen molar-refractivity contribution in [2.24, 2.45) is 0 Å². The molecule has 7 nitrogen and oxygen atoms in total. The fraction of sp³-hybridized carbons (Fsp3) is 0.500. The minimum Gasteiger partial charge on any atom is -0.450 e. The quantitative estimate of drug-likeness (QED) is 0.888. The van der Waals surface area contributed by atoms with E-state index in [2.05, 4.69) is 10.3 Å². The van der Waals surface area contributed by atoms with Gasteiger partial charge in [-0.15, -0.1) is 0 Å². The van der Waals surface area contributed by atoms with Crippen LogP contribution in [0.5, 0.6) is 0 Å². The number of hydrogen-bond donors (Lipinski definition) is 1. The number of anilines is 1. The first-order chi connectivity index (χ1) is 10.2. The Hall–Kier alpha value is -2.15. The normalized spacial score (nSPS) is 15.6. The summed E-state index contributed by atoms with van der Waals surface area (Å²) in [4.78, 5) is 31.1. The number of aromatic nitrogens is 1. The molecule has 0 unspecified atom stereocenters. The van der Waals surface area contributed by atoms with E-state index in [9.17, 15) is 9.59 Å². The average molecular weight is 292 g/mol. The molecule has 1 fully saturated rings. The zero-order valence-electron chi connectivity index (χ0n) is 12.1. The molecule has 0 aliphatic carbocycles. The molecule has 2 rings (SSSR count). The Morgan fingerprint density at radius 1 is 1.24 bits per heavy atom. The number of ether oxygens (including phenoxy) is 1. The predicted octanol–water partition coefficient (Wildman–Crippen LogP) is 0.794. The van der Waals surface area contributed by atoms with Crippen LogP contribution in [0.15, 0.2) is 24.5 Å². The van der Waals surface area contributed by atoms with Gasteiger partial charge in [0.25, 0.3) is 0 Å². The summed E-state index contributed by atoms with van der Waals surface area (Å²) in [6, 6.07) is 3.49. The van der Waals surface area contributed by atoms with Gasteiger partial charge in [0.2, 0.25) is 5.91 Å². The number of carbonyl (C=O) groups excluding carboxylic acids is 2. The van der Waals surface area contributed by atoms with Gasteiger partial charge < -0.3 is 15.0 Å². The van der Waals surface area contributed by atoms with E-state index in [-0.39, 0.29) is 12.0 Å². The third kappa shape index (κ3) is 4.71. The second-order valence-electron chi connectivity index (χ2n) is 4.75. The lowest BCUT2D eigenvalue weighted by molar-refractivity contribution is -0.117. The van der Waals surface area contributed by atoms with Crippen LogP contribution in [0.2, 0.25) is 0 Å². The lowest BCUT2D eigenvalue weighted by atomic mass is 10.3. The largest absolute Gasteiger partial charge is 0.450 e. The third-order valence-corrected chi connectivity index (χ3v) is 3.23. The molecule has 0 atom stereocenters. The van der Waals surface area contributed by atoms with Gasteiger partial charge in [-0.05, 0) is 19.1 Å². The van der Waals surface area contributed by atoms with Gasteiger partial charge in [-0.3, -0.25) is 14.7 Å². The van der Waals surface area contributed by atoms with Gasteiger partial charge in [-0.25, -0.2) is 4.79 Å². The second kappa shape index (κ2) is 7.58. The highest BCUT2D eigenvalue weighted by Crippen LogP contribution is 2.06. The summed E-state index contributed by atoms with van der Waals surface area (Å²) in [7, 11) is 0. The fourth-order valence-corrected chi connectivity index (χ4v) is 2.14. The molecule has 1 aliphatic heterocycles. The molecule has 0 saturated carbocycles. The Balaban J connectivity index is 1.73. The molecule has 0 bridgehead atoms. The Labute approximate surface area is 123 Å². The van der Waals surface area contributed by atoms with Gasteiger partial charge in [0.05, 0.1) is 13.2 Å². The third-order valence-electron chi connectivity index (χ3n) is 3.23. The van der Waals surface area contributed by atoms with Crippen molar-refractivity contribution < 1.29 is 14.3 Å². The summed E-state index contributed by atoms with van der Waals surface area (Å²) in [5.41, 5.74) is 0.736. The lowest BCUT2D eigenvalue weighted by Crippen LogP contribution is -2.50. The number of pyridine rings is 1. The standard InChI is InChI=1S/C14H20N4O3/c1-2-21-14(20)18-9-7-17(8-10-18)11-13(19)16-12-3-5-15-6-4-12/h3-6H,2,7-11H2,1H3,(H,15,16,19). The molecule has 1 aromatic rings. The molecule has 1 aromatic heterocycles. The maximum atomic E-state index is 11.9. The van der Waals surface area contributed by atoms with Gasteiger partial charge in [0, 0.05) is 44.3 Å². The van der Waals surface area contributed by atoms with Crippen LogP contribution < -0.4 is 5.32 Å². The molecule has 7 heteroatoms. The van der Waals surface area contributed by atoms with Gasteiger partial charge in [0.15, 0.2) is 0 Å². The Bertz CT molecular complexity index is 472. The SMILES string of the molecule is CCOC(=O)N1CCN(CC(=O)Nc2ccncc2)CC1. The molecule has 0 radical (unpaired) electrons. The topological polar surface area (TPSA) is 74.8 Å². The van der Waals surface area contributed by atoms with Crippen molar-refractivity contribution in [3.63, 3.8) is 0 Å². The zero-order chi connectivity index (χ0) is 15.1. The molecule has 1 saturated heterocycles. The van der Waals surface area contributed by atoms with E-state index in [0.29, 0.717) is 39.3 Å². The summed E-state index contributed by atoms with van der Waals surface area (Å²) in [6.07, 6.45) is 2.99. The van der Waals surface area contributed by atoms with Crippen molar-refractivity contribution in [2.75, 3.05) is 44.6 Å². The van der Waals surface area contributed by atoms with E-state index in [1.807, 2.05) is 4.90 Å². The lowest BCUT2D eigenvalue weighted by Gasteiger charge is -2.33. The number of nitrogens with one attached hydrogen (secondary N) is 1. The molecule has 2 amide bonds. The average Bonchev–Trinajstić information content (AvgIpc) is 2.49. The summed E-state index contributed by atoms with van der Waals surface area (Å²) >= 11 is 0. The van der Waals surface area contributed by atoms with Crippen LogP contribution >= 0.6 is 0 Å². The van der Waals surface area contributed by atoms with Crippen molar-refractivity contribution in [3.8, 4) is 0 Å². The van der Waals surface area contributed by atoms with Crippen LogP contribution in [0, 0.1) is 0 Å². The van der Waals surface area contributed by atoms with Crippen LogP contribution in [0.3, 0.4) is 0 Å². The van der Waals surface area contributed by atoms with E-state index < -0.39 is 0 Å². The molecular formula is C14H20N4O3. The number of carbonyl (C=O) groups is 2. The maximum absolute atomic E-state index is 11.9. The fourth-order valence-electron chi connectivity index (χ4n) is 2.14. The highest BCUT2D eigenvalue weighted by atomic mass is 16.6. The molecule has 1 N–H and O–H groups in total. The first-order valence-electron chi connectivity index (χ1n) is 7.03. The highest BCUT2D eigenvalue weighted by Gasteiger charge is 2.22. The zero-order valence-corrected chi connectivity index (χ0v) is 12.1. The first-order valence-corrected chi connectivity index (χ1v) is 7.03. The number of hydrogen-bond acceptors (Lipinski definition) is 5. The second-order valence-corrected chi connectivity index (χ2v) is 4.75. The smallest absolute Gasteiger partial charge is 0.409 e. The summed E-state index contributed by atoms with van der Waals surface area (Å²) < 4.78 is 4.96. The first kappa shape index (κ1) is 15.2. The molecule has 0 aromatic carbocycles. The number of piperazine rings is 1. The van der Waals surface area contributed by atoms with E-state index in [1.54, 1.807) is 36.4 Å².